The molecule has 0 unspecified atom stereocenters. The van der Waals surface area contributed by atoms with E-state index in [0.29, 0.717) is 11.7 Å². The molecule has 0 aliphatic rings. The van der Waals surface area contributed by atoms with Crippen molar-refractivity contribution in [3.63, 3.8) is 0 Å². The largest absolute Gasteiger partial charge is 0.313 e. The number of aromatic nitrogens is 3. The van der Waals surface area contributed by atoms with Gasteiger partial charge in [-0.1, -0.05) is 6.92 Å². The molecule has 0 radical (unpaired) electrons. The highest BCUT2D eigenvalue weighted by Crippen LogP contribution is 2.26. The van der Waals surface area contributed by atoms with Gasteiger partial charge in [0.05, 0.1) is 0 Å². The molecule has 1 heterocycles. The minimum absolute atomic E-state index is 0.236. The van der Waals surface area contributed by atoms with Gasteiger partial charge in [0.2, 0.25) is 5.16 Å². The zero-order chi connectivity index (χ0) is 13.0. The van der Waals surface area contributed by atoms with Crippen LogP contribution in [0.2, 0.25) is 0 Å². The van der Waals surface area contributed by atoms with Crippen LogP contribution >= 0.6 is 11.8 Å². The molecule has 0 fully saturated rings. The molecule has 0 spiro atoms. The molecular formula is C12H15FN4S. The summed E-state index contributed by atoms with van der Waals surface area (Å²) in [5, 5.41) is 10.6. The Morgan fingerprint density at radius 1 is 1.39 bits per heavy atom. The molecule has 0 aliphatic heterocycles. The third kappa shape index (κ3) is 3.54. The van der Waals surface area contributed by atoms with Gasteiger partial charge in [-0.15, -0.1) is 5.10 Å². The molecular weight excluding hydrogens is 251 g/mol. The van der Waals surface area contributed by atoms with Crippen molar-refractivity contribution in [3.8, 4) is 0 Å². The van der Waals surface area contributed by atoms with E-state index in [-0.39, 0.29) is 5.82 Å². The highest BCUT2D eigenvalue weighted by atomic mass is 32.2. The number of rotatable bonds is 5. The first-order valence-corrected chi connectivity index (χ1v) is 6.56. The fraction of sp³-hybridized carbons (Fsp3) is 0.333. The number of nitrogens with one attached hydrogen (secondary N) is 2. The second kappa shape index (κ2) is 5.97. The average molecular weight is 266 g/mol. The molecule has 2 aromatic rings. The van der Waals surface area contributed by atoms with E-state index in [0.717, 1.165) is 22.8 Å². The molecule has 0 aliphatic carbocycles. The van der Waals surface area contributed by atoms with Crippen molar-refractivity contribution in [2.45, 2.75) is 30.4 Å². The second-order valence-corrected chi connectivity index (χ2v) is 4.92. The van der Waals surface area contributed by atoms with Crippen molar-refractivity contribution in [1.82, 2.24) is 20.5 Å². The summed E-state index contributed by atoms with van der Waals surface area (Å²) in [6.45, 7) is 5.37. The molecule has 0 saturated carbocycles. The summed E-state index contributed by atoms with van der Waals surface area (Å²) in [5.74, 6) is 0.516. The van der Waals surface area contributed by atoms with Crippen LogP contribution in [0.25, 0.3) is 0 Å². The van der Waals surface area contributed by atoms with E-state index in [1.807, 2.05) is 19.9 Å². The lowest BCUT2D eigenvalue weighted by atomic mass is 10.2. The van der Waals surface area contributed by atoms with Gasteiger partial charge in [-0.25, -0.2) is 9.37 Å². The molecule has 96 valence electrons. The number of halogens is 1. The third-order valence-electron chi connectivity index (χ3n) is 2.30. The van der Waals surface area contributed by atoms with Gasteiger partial charge < -0.3 is 5.32 Å². The maximum absolute atomic E-state index is 13.5. The van der Waals surface area contributed by atoms with Crippen LogP contribution < -0.4 is 5.32 Å². The first kappa shape index (κ1) is 13.0. The zero-order valence-corrected chi connectivity index (χ0v) is 11.1. The lowest BCUT2D eigenvalue weighted by Gasteiger charge is -2.05. The van der Waals surface area contributed by atoms with E-state index in [4.69, 9.17) is 0 Å². The van der Waals surface area contributed by atoms with Crippen molar-refractivity contribution >= 4 is 11.8 Å². The highest BCUT2D eigenvalue weighted by Gasteiger charge is 2.06. The summed E-state index contributed by atoms with van der Waals surface area (Å²) in [6.07, 6.45) is 0. The van der Waals surface area contributed by atoms with Crippen LogP contribution in [0.4, 0.5) is 4.39 Å². The van der Waals surface area contributed by atoms with Gasteiger partial charge in [0.1, 0.15) is 11.6 Å². The first-order valence-electron chi connectivity index (χ1n) is 5.74. The molecule has 2 N–H and O–H groups in total. The number of nitrogens with zero attached hydrogens (tertiary/aromatic N) is 2. The van der Waals surface area contributed by atoms with Crippen molar-refractivity contribution in [1.29, 1.82) is 0 Å². The van der Waals surface area contributed by atoms with Crippen LogP contribution in [0.5, 0.6) is 0 Å². The molecule has 6 heteroatoms. The predicted molar refractivity (Wildman–Crippen MR) is 69.0 cm³/mol. The van der Waals surface area contributed by atoms with Gasteiger partial charge in [0, 0.05) is 11.4 Å². The van der Waals surface area contributed by atoms with Crippen LogP contribution in [0.3, 0.4) is 0 Å². The normalized spacial score (nSPS) is 10.8. The summed E-state index contributed by atoms with van der Waals surface area (Å²) in [4.78, 5) is 4.99. The van der Waals surface area contributed by atoms with E-state index >= 15 is 0 Å². The number of aryl methyl sites for hydroxylation is 1. The van der Waals surface area contributed by atoms with Crippen molar-refractivity contribution in [2.75, 3.05) is 6.54 Å². The molecule has 1 aromatic heterocycles. The summed E-state index contributed by atoms with van der Waals surface area (Å²) >= 11 is 1.35. The summed E-state index contributed by atoms with van der Waals surface area (Å²) < 4.78 is 13.5. The van der Waals surface area contributed by atoms with E-state index in [1.54, 1.807) is 0 Å². The summed E-state index contributed by atoms with van der Waals surface area (Å²) in [6, 6.07) is 4.98. The SMILES string of the molecule is CCNCc1cc(F)cc(Sc2n[nH]c(C)n2)c1. The van der Waals surface area contributed by atoms with Crippen LogP contribution in [-0.4, -0.2) is 21.7 Å². The Kier molecular flexibility index (Phi) is 4.33. The Hall–Kier alpha value is -1.40. The lowest BCUT2D eigenvalue weighted by molar-refractivity contribution is 0.617. The van der Waals surface area contributed by atoms with Crippen molar-refractivity contribution < 1.29 is 4.39 Å². The van der Waals surface area contributed by atoms with Crippen LogP contribution in [0.15, 0.2) is 28.3 Å². The van der Waals surface area contributed by atoms with Crippen molar-refractivity contribution in [3.05, 3.63) is 35.4 Å². The number of hydrogen-bond donors (Lipinski definition) is 2. The van der Waals surface area contributed by atoms with Gasteiger partial charge >= 0.3 is 0 Å². The smallest absolute Gasteiger partial charge is 0.213 e. The molecule has 2 rings (SSSR count). The minimum atomic E-state index is -0.236. The number of H-pyrrole nitrogens is 1. The predicted octanol–water partition coefficient (Wildman–Crippen LogP) is 2.51. The quantitative estimate of drug-likeness (QED) is 0.873. The fourth-order valence-electron chi connectivity index (χ4n) is 1.52. The molecule has 18 heavy (non-hydrogen) atoms. The third-order valence-corrected chi connectivity index (χ3v) is 3.13. The van der Waals surface area contributed by atoms with Gasteiger partial charge in [-0.3, -0.25) is 5.10 Å². The maximum Gasteiger partial charge on any atom is 0.213 e. The Morgan fingerprint density at radius 3 is 2.89 bits per heavy atom. The number of aromatic amines is 1. The van der Waals surface area contributed by atoms with Crippen molar-refractivity contribution in [2.24, 2.45) is 0 Å². The number of benzene rings is 1. The standard InChI is InChI=1S/C12H15FN4S/c1-3-14-7-9-4-10(13)6-11(5-9)18-12-15-8(2)16-17-12/h4-6,14H,3,7H2,1-2H3,(H,15,16,17). The summed E-state index contributed by atoms with van der Waals surface area (Å²) in [5.41, 5.74) is 0.923. The first-order chi connectivity index (χ1) is 8.67. The second-order valence-electron chi connectivity index (χ2n) is 3.88. The van der Waals surface area contributed by atoms with Gasteiger partial charge in [0.25, 0.3) is 0 Å². The molecule has 1 aromatic carbocycles. The number of hydrogen-bond acceptors (Lipinski definition) is 4. The maximum atomic E-state index is 13.5. The average Bonchev–Trinajstić information content (AvgIpc) is 2.71. The topological polar surface area (TPSA) is 53.6 Å². The zero-order valence-electron chi connectivity index (χ0n) is 10.3. The Labute approximate surface area is 109 Å². The molecule has 0 bridgehead atoms. The van der Waals surface area contributed by atoms with E-state index < -0.39 is 0 Å². The molecule has 0 amide bonds. The Bertz CT molecular complexity index is 527. The fourth-order valence-corrected chi connectivity index (χ4v) is 2.39. The minimum Gasteiger partial charge on any atom is -0.313 e. The van der Waals surface area contributed by atoms with E-state index in [9.17, 15) is 4.39 Å². The van der Waals surface area contributed by atoms with E-state index in [1.165, 1.54) is 23.9 Å². The monoisotopic (exact) mass is 266 g/mol. The lowest BCUT2D eigenvalue weighted by Crippen LogP contribution is -2.11. The Balaban J connectivity index is 2.14. The van der Waals surface area contributed by atoms with Crippen LogP contribution in [0, 0.1) is 12.7 Å². The Morgan fingerprint density at radius 2 is 2.22 bits per heavy atom. The van der Waals surface area contributed by atoms with Crippen LogP contribution in [-0.2, 0) is 6.54 Å². The van der Waals surface area contributed by atoms with Gasteiger partial charge in [-0.05, 0) is 49.0 Å². The van der Waals surface area contributed by atoms with Gasteiger partial charge in [0.15, 0.2) is 0 Å². The van der Waals surface area contributed by atoms with E-state index in [2.05, 4.69) is 20.5 Å². The van der Waals surface area contributed by atoms with Crippen LogP contribution in [0.1, 0.15) is 18.3 Å². The molecule has 0 atom stereocenters. The summed E-state index contributed by atoms with van der Waals surface area (Å²) in [7, 11) is 0. The molecule has 4 nitrogen and oxygen atoms in total. The van der Waals surface area contributed by atoms with Gasteiger partial charge in [-0.2, -0.15) is 0 Å². The molecule has 0 saturated heterocycles. The highest BCUT2D eigenvalue weighted by molar-refractivity contribution is 7.99.